The van der Waals surface area contributed by atoms with E-state index in [0.717, 1.165) is 12.0 Å². The first-order valence-corrected chi connectivity index (χ1v) is 6.68. The van der Waals surface area contributed by atoms with E-state index >= 15 is 0 Å². The number of carbonyl (C=O) groups is 1. The zero-order valence-electron chi connectivity index (χ0n) is 10.2. The first kappa shape index (κ1) is 12.6. The van der Waals surface area contributed by atoms with Crippen molar-refractivity contribution in [3.63, 3.8) is 0 Å². The van der Waals surface area contributed by atoms with Gasteiger partial charge in [0.1, 0.15) is 0 Å². The number of hydrogen-bond acceptors (Lipinski definition) is 3. The van der Waals surface area contributed by atoms with Crippen LogP contribution in [0.1, 0.15) is 16.4 Å². The second-order valence-electron chi connectivity index (χ2n) is 4.12. The van der Waals surface area contributed by atoms with Crippen molar-refractivity contribution in [2.75, 3.05) is 12.8 Å². The maximum absolute atomic E-state index is 12.0. The Hall–Kier alpha value is -1.81. The zero-order chi connectivity index (χ0) is 13.0. The Morgan fingerprint density at radius 2 is 2.06 bits per heavy atom. The van der Waals surface area contributed by atoms with Crippen molar-refractivity contribution in [1.82, 2.24) is 5.32 Å². The Balaban J connectivity index is 2.25. The van der Waals surface area contributed by atoms with Gasteiger partial charge in [0, 0.05) is 17.6 Å². The predicted molar refractivity (Wildman–Crippen MR) is 75.7 cm³/mol. The fourth-order valence-electron chi connectivity index (χ4n) is 1.89. The van der Waals surface area contributed by atoms with Gasteiger partial charge in [-0.1, -0.05) is 18.2 Å². The van der Waals surface area contributed by atoms with Gasteiger partial charge in [-0.2, -0.15) is 0 Å². The molecule has 0 aliphatic carbocycles. The fourth-order valence-corrected chi connectivity index (χ4v) is 2.65. The van der Waals surface area contributed by atoms with Gasteiger partial charge in [0.2, 0.25) is 5.91 Å². The number of benzene rings is 1. The van der Waals surface area contributed by atoms with Gasteiger partial charge >= 0.3 is 0 Å². The molecule has 94 valence electrons. The molecule has 1 aromatic carbocycles. The Morgan fingerprint density at radius 1 is 1.33 bits per heavy atom. The van der Waals surface area contributed by atoms with Crippen LogP contribution in [0, 0.1) is 0 Å². The van der Waals surface area contributed by atoms with Crippen molar-refractivity contribution in [1.29, 1.82) is 0 Å². The molecule has 1 amide bonds. The Bertz CT molecular complexity index is 505. The molecule has 1 heterocycles. The molecule has 0 aliphatic rings. The van der Waals surface area contributed by atoms with E-state index in [0.29, 0.717) is 5.69 Å². The Morgan fingerprint density at radius 3 is 2.61 bits per heavy atom. The highest BCUT2D eigenvalue weighted by Crippen LogP contribution is 2.24. The summed E-state index contributed by atoms with van der Waals surface area (Å²) in [6, 6.07) is 11.6. The molecular weight excluding hydrogens is 244 g/mol. The molecule has 3 N–H and O–H groups in total. The van der Waals surface area contributed by atoms with Crippen LogP contribution in [0.4, 0.5) is 5.69 Å². The molecule has 0 spiro atoms. The summed E-state index contributed by atoms with van der Waals surface area (Å²) >= 11 is 1.67. The van der Waals surface area contributed by atoms with Gasteiger partial charge in [0.25, 0.3) is 0 Å². The van der Waals surface area contributed by atoms with E-state index in [-0.39, 0.29) is 11.8 Å². The number of thiophene rings is 1. The number of carbonyl (C=O) groups excluding carboxylic acids is 1. The number of nitrogen functional groups attached to an aromatic ring is 1. The smallest absolute Gasteiger partial charge is 0.227 e. The highest BCUT2D eigenvalue weighted by atomic mass is 32.1. The normalized spacial score (nSPS) is 12.1. The summed E-state index contributed by atoms with van der Waals surface area (Å²) in [7, 11) is 1.67. The van der Waals surface area contributed by atoms with E-state index < -0.39 is 0 Å². The SMILES string of the molecule is CNC(=O)C(Cc1cccs1)c1ccc(N)cc1. The summed E-state index contributed by atoms with van der Waals surface area (Å²) in [5.74, 6) is -0.123. The maximum atomic E-state index is 12.0. The van der Waals surface area contributed by atoms with Crippen LogP contribution in [0.3, 0.4) is 0 Å². The summed E-state index contributed by atoms with van der Waals surface area (Å²) in [6.45, 7) is 0. The summed E-state index contributed by atoms with van der Waals surface area (Å²) in [5.41, 5.74) is 7.38. The number of hydrogen-bond donors (Lipinski definition) is 2. The first-order valence-electron chi connectivity index (χ1n) is 5.80. The molecule has 2 rings (SSSR count). The maximum Gasteiger partial charge on any atom is 0.227 e. The molecule has 0 aliphatic heterocycles. The summed E-state index contributed by atoms with van der Waals surface area (Å²) in [6.07, 6.45) is 0.723. The second kappa shape index (κ2) is 5.69. The largest absolute Gasteiger partial charge is 0.399 e. The average molecular weight is 260 g/mol. The van der Waals surface area contributed by atoms with E-state index in [1.807, 2.05) is 35.7 Å². The van der Waals surface area contributed by atoms with Crippen LogP contribution < -0.4 is 11.1 Å². The van der Waals surface area contributed by atoms with Gasteiger partial charge in [-0.25, -0.2) is 0 Å². The average Bonchev–Trinajstić information content (AvgIpc) is 2.89. The van der Waals surface area contributed by atoms with Crippen molar-refractivity contribution < 1.29 is 4.79 Å². The van der Waals surface area contributed by atoms with E-state index in [1.54, 1.807) is 18.4 Å². The highest BCUT2D eigenvalue weighted by molar-refractivity contribution is 7.09. The lowest BCUT2D eigenvalue weighted by molar-refractivity contribution is -0.122. The molecule has 0 fully saturated rings. The second-order valence-corrected chi connectivity index (χ2v) is 5.15. The number of rotatable bonds is 4. The third-order valence-electron chi connectivity index (χ3n) is 2.89. The molecule has 0 radical (unpaired) electrons. The lowest BCUT2D eigenvalue weighted by Crippen LogP contribution is -2.27. The number of likely N-dealkylation sites (N-methyl/N-ethyl adjacent to an activating group) is 1. The third kappa shape index (κ3) is 2.90. The summed E-state index contributed by atoms with van der Waals surface area (Å²) in [5, 5.41) is 4.75. The van der Waals surface area contributed by atoms with Crippen LogP contribution in [0.5, 0.6) is 0 Å². The van der Waals surface area contributed by atoms with Crippen molar-refractivity contribution in [3.8, 4) is 0 Å². The van der Waals surface area contributed by atoms with Gasteiger partial charge in [0.15, 0.2) is 0 Å². The van der Waals surface area contributed by atoms with Crippen molar-refractivity contribution >= 4 is 22.9 Å². The highest BCUT2D eigenvalue weighted by Gasteiger charge is 2.20. The van der Waals surface area contributed by atoms with Crippen LogP contribution >= 0.6 is 11.3 Å². The van der Waals surface area contributed by atoms with Crippen molar-refractivity contribution in [3.05, 3.63) is 52.2 Å². The molecule has 1 atom stereocenters. The summed E-state index contributed by atoms with van der Waals surface area (Å²) < 4.78 is 0. The quantitative estimate of drug-likeness (QED) is 0.829. The minimum absolute atomic E-state index is 0.0353. The fraction of sp³-hybridized carbons (Fsp3) is 0.214. The lowest BCUT2D eigenvalue weighted by atomic mass is 9.94. The van der Waals surface area contributed by atoms with E-state index in [9.17, 15) is 4.79 Å². The van der Waals surface area contributed by atoms with Crippen molar-refractivity contribution in [2.45, 2.75) is 12.3 Å². The van der Waals surface area contributed by atoms with Crippen LogP contribution in [0.2, 0.25) is 0 Å². The molecule has 3 nitrogen and oxygen atoms in total. The van der Waals surface area contributed by atoms with Gasteiger partial charge in [0.05, 0.1) is 5.92 Å². The van der Waals surface area contributed by atoms with E-state index in [2.05, 4.69) is 11.4 Å². The van der Waals surface area contributed by atoms with Crippen LogP contribution in [0.25, 0.3) is 0 Å². The molecule has 4 heteroatoms. The Labute approximate surface area is 111 Å². The topological polar surface area (TPSA) is 55.1 Å². The molecule has 2 aromatic rings. The molecule has 1 unspecified atom stereocenters. The molecule has 18 heavy (non-hydrogen) atoms. The number of nitrogens with two attached hydrogens (primary N) is 1. The standard InChI is InChI=1S/C14H16N2OS/c1-16-14(17)13(9-12-3-2-8-18-12)10-4-6-11(15)7-5-10/h2-8,13H,9,15H2,1H3,(H,16,17). The zero-order valence-corrected chi connectivity index (χ0v) is 11.0. The van der Waals surface area contributed by atoms with Crippen molar-refractivity contribution in [2.24, 2.45) is 0 Å². The van der Waals surface area contributed by atoms with Crippen LogP contribution in [0.15, 0.2) is 41.8 Å². The number of anilines is 1. The van der Waals surface area contributed by atoms with Gasteiger partial charge < -0.3 is 11.1 Å². The van der Waals surface area contributed by atoms with E-state index in [4.69, 9.17) is 5.73 Å². The van der Waals surface area contributed by atoms with Crippen LogP contribution in [-0.4, -0.2) is 13.0 Å². The lowest BCUT2D eigenvalue weighted by Gasteiger charge is -2.15. The van der Waals surface area contributed by atoms with Gasteiger partial charge in [-0.3, -0.25) is 4.79 Å². The van der Waals surface area contributed by atoms with E-state index in [1.165, 1.54) is 4.88 Å². The minimum atomic E-state index is -0.158. The molecule has 0 bridgehead atoms. The monoisotopic (exact) mass is 260 g/mol. The minimum Gasteiger partial charge on any atom is -0.399 e. The molecule has 1 aromatic heterocycles. The number of nitrogens with one attached hydrogen (secondary N) is 1. The molecular formula is C14H16N2OS. The predicted octanol–water partition coefficient (Wildman–Crippen LogP) is 2.40. The molecule has 0 saturated heterocycles. The first-order chi connectivity index (χ1) is 8.70. The van der Waals surface area contributed by atoms with Gasteiger partial charge in [-0.15, -0.1) is 11.3 Å². The van der Waals surface area contributed by atoms with Gasteiger partial charge in [-0.05, 0) is 35.6 Å². The Kier molecular flexibility index (Phi) is 3.99. The third-order valence-corrected chi connectivity index (χ3v) is 3.79. The summed E-state index contributed by atoms with van der Waals surface area (Å²) in [4.78, 5) is 13.2. The van der Waals surface area contributed by atoms with Crippen LogP contribution in [-0.2, 0) is 11.2 Å². The number of amides is 1. The molecule has 0 saturated carbocycles.